The maximum Gasteiger partial charge on any atom is 0.419 e. The third-order valence-corrected chi connectivity index (χ3v) is 2.80. The van der Waals surface area contributed by atoms with Crippen molar-refractivity contribution in [1.29, 1.82) is 0 Å². The van der Waals surface area contributed by atoms with E-state index >= 15 is 0 Å². The molecular weight excluding hydrogens is 262 g/mol. The maximum absolute atomic E-state index is 11.6. The van der Waals surface area contributed by atoms with Gasteiger partial charge in [-0.3, -0.25) is 0 Å². The Bertz CT molecular complexity index is 472. The molecule has 0 bridgehead atoms. The minimum absolute atomic E-state index is 0.00885. The van der Waals surface area contributed by atoms with Crippen molar-refractivity contribution < 1.29 is 19.1 Å². The fraction of sp³-hybridized carbons (Fsp3) is 0.615. The molecule has 1 amide bonds. The number of hydrogen-bond acceptors (Lipinski definition) is 5. The summed E-state index contributed by atoms with van der Waals surface area (Å²) in [5.74, 6) is 0. The molecule has 1 saturated carbocycles. The number of rotatable bonds is 2. The van der Waals surface area contributed by atoms with Crippen molar-refractivity contribution in [3.63, 3.8) is 0 Å². The van der Waals surface area contributed by atoms with Crippen LogP contribution in [0.4, 0.5) is 9.59 Å². The molecule has 1 heterocycles. The first-order valence-electron chi connectivity index (χ1n) is 6.52. The molecule has 7 heteroatoms. The van der Waals surface area contributed by atoms with E-state index in [4.69, 9.17) is 9.47 Å². The Morgan fingerprint density at radius 2 is 2.05 bits per heavy atom. The van der Waals surface area contributed by atoms with Crippen LogP contribution in [0, 0.1) is 0 Å². The first-order chi connectivity index (χ1) is 9.33. The predicted molar refractivity (Wildman–Crippen MR) is 70.3 cm³/mol. The fourth-order valence-electron chi connectivity index (χ4n) is 1.82. The lowest BCUT2D eigenvalue weighted by Crippen LogP contribution is -2.49. The van der Waals surface area contributed by atoms with Gasteiger partial charge >= 0.3 is 12.2 Å². The molecule has 0 aliphatic heterocycles. The molecule has 20 heavy (non-hydrogen) atoms. The van der Waals surface area contributed by atoms with E-state index in [1.165, 1.54) is 23.3 Å². The average molecular weight is 281 g/mol. The zero-order chi connectivity index (χ0) is 14.8. The molecule has 1 aliphatic rings. The molecule has 0 atom stereocenters. The molecule has 0 radical (unpaired) electrons. The molecule has 0 spiro atoms. The summed E-state index contributed by atoms with van der Waals surface area (Å²) in [4.78, 5) is 26.9. The van der Waals surface area contributed by atoms with Crippen molar-refractivity contribution in [3.8, 4) is 0 Å². The van der Waals surface area contributed by atoms with Crippen molar-refractivity contribution in [2.24, 2.45) is 0 Å². The number of nitrogens with zero attached hydrogens (tertiary/aromatic N) is 2. The van der Waals surface area contributed by atoms with Crippen LogP contribution < -0.4 is 5.32 Å². The van der Waals surface area contributed by atoms with E-state index in [-0.39, 0.29) is 12.1 Å². The summed E-state index contributed by atoms with van der Waals surface area (Å²) in [6, 6.07) is -0.00885. The molecule has 1 aliphatic carbocycles. The molecule has 1 N–H and O–H groups in total. The first-order valence-corrected chi connectivity index (χ1v) is 6.52. The lowest BCUT2D eigenvalue weighted by atomic mass is 9.89. The van der Waals surface area contributed by atoms with E-state index in [1.54, 1.807) is 0 Å². The van der Waals surface area contributed by atoms with E-state index in [0.29, 0.717) is 12.8 Å². The van der Waals surface area contributed by atoms with Gasteiger partial charge in [-0.05, 0) is 20.8 Å². The zero-order valence-electron chi connectivity index (χ0n) is 11.8. The molecule has 2 rings (SSSR count). The molecule has 110 valence electrons. The van der Waals surface area contributed by atoms with E-state index in [1.807, 2.05) is 20.8 Å². The summed E-state index contributed by atoms with van der Waals surface area (Å²) in [7, 11) is 0. The van der Waals surface area contributed by atoms with Crippen molar-refractivity contribution >= 4 is 12.2 Å². The van der Waals surface area contributed by atoms with E-state index in [9.17, 15) is 9.59 Å². The van der Waals surface area contributed by atoms with Gasteiger partial charge in [-0.2, -0.15) is 0 Å². The molecule has 7 nitrogen and oxygen atoms in total. The smallest absolute Gasteiger partial charge is 0.419 e. The van der Waals surface area contributed by atoms with Gasteiger partial charge in [0.2, 0.25) is 0 Å². The topological polar surface area (TPSA) is 82.5 Å². The van der Waals surface area contributed by atoms with Crippen LogP contribution in [0.5, 0.6) is 0 Å². The molecular formula is C13H19N3O4. The first kappa shape index (κ1) is 14.4. The number of carbonyl (C=O) groups is 2. The Kier molecular flexibility index (Phi) is 3.96. The highest BCUT2D eigenvalue weighted by Gasteiger charge is 2.34. The third kappa shape index (κ3) is 3.97. The molecule has 0 saturated heterocycles. The second-order valence-corrected chi connectivity index (χ2v) is 5.79. The molecule has 1 fully saturated rings. The number of aromatic nitrogens is 2. The highest BCUT2D eigenvalue weighted by atomic mass is 16.6. The summed E-state index contributed by atoms with van der Waals surface area (Å²) in [6.45, 7) is 5.43. The van der Waals surface area contributed by atoms with Gasteiger partial charge in [-0.1, -0.05) is 0 Å². The van der Waals surface area contributed by atoms with E-state index in [0.717, 1.165) is 0 Å². The quantitative estimate of drug-likeness (QED) is 0.895. The van der Waals surface area contributed by atoms with Crippen molar-refractivity contribution in [3.05, 3.63) is 18.7 Å². The van der Waals surface area contributed by atoms with Crippen LogP contribution in [-0.4, -0.2) is 39.5 Å². The van der Waals surface area contributed by atoms with Crippen LogP contribution in [0.15, 0.2) is 18.7 Å². The van der Waals surface area contributed by atoms with Crippen molar-refractivity contribution in [2.75, 3.05) is 0 Å². The normalized spacial score (nSPS) is 21.8. The Labute approximate surface area is 117 Å². The fourth-order valence-corrected chi connectivity index (χ4v) is 1.82. The minimum Gasteiger partial charge on any atom is -0.445 e. The third-order valence-electron chi connectivity index (χ3n) is 2.80. The summed E-state index contributed by atoms with van der Waals surface area (Å²) >= 11 is 0. The Hall–Kier alpha value is -2.05. The second kappa shape index (κ2) is 5.52. The Balaban J connectivity index is 1.67. The van der Waals surface area contributed by atoms with Crippen LogP contribution in [0.3, 0.4) is 0 Å². The molecule has 0 unspecified atom stereocenters. The minimum atomic E-state index is -0.513. The van der Waals surface area contributed by atoms with Gasteiger partial charge in [-0.15, -0.1) is 0 Å². The highest BCUT2D eigenvalue weighted by Crippen LogP contribution is 2.24. The molecule has 1 aromatic heterocycles. The largest absolute Gasteiger partial charge is 0.445 e. The molecule has 0 aromatic carbocycles. The number of hydrogen-bond donors (Lipinski definition) is 1. The number of ether oxygens (including phenoxy) is 2. The predicted octanol–water partition coefficient (Wildman–Crippen LogP) is 1.92. The van der Waals surface area contributed by atoms with Gasteiger partial charge < -0.3 is 14.8 Å². The van der Waals surface area contributed by atoms with Gasteiger partial charge in [0.05, 0.1) is 0 Å². The van der Waals surface area contributed by atoms with Crippen LogP contribution >= 0.6 is 0 Å². The van der Waals surface area contributed by atoms with Gasteiger partial charge in [-0.25, -0.2) is 19.1 Å². The average Bonchev–Trinajstić information content (AvgIpc) is 2.76. The maximum atomic E-state index is 11.6. The zero-order valence-corrected chi connectivity index (χ0v) is 11.8. The summed E-state index contributed by atoms with van der Waals surface area (Å²) < 4.78 is 11.7. The van der Waals surface area contributed by atoms with E-state index < -0.39 is 17.8 Å². The SMILES string of the molecule is CC(C)(C)OC(=O)N[C@H]1C[C@H](OC(=O)n2ccnc2)C1. The number of nitrogens with one attached hydrogen (secondary N) is 1. The highest BCUT2D eigenvalue weighted by molar-refractivity contribution is 5.70. The van der Waals surface area contributed by atoms with Gasteiger partial charge in [0.15, 0.2) is 0 Å². The van der Waals surface area contributed by atoms with Gasteiger partial charge in [0.25, 0.3) is 0 Å². The van der Waals surface area contributed by atoms with Crippen LogP contribution in [-0.2, 0) is 9.47 Å². The number of amides is 1. The standard InChI is InChI=1S/C13H19N3O4/c1-13(2,3)20-11(17)15-9-6-10(7-9)19-12(18)16-5-4-14-8-16/h4-5,8-10H,6-7H2,1-3H3,(H,15,17)/t9-,10-. The Morgan fingerprint density at radius 1 is 1.35 bits per heavy atom. The number of carbonyl (C=O) groups excluding carboxylic acids is 2. The summed E-state index contributed by atoms with van der Waals surface area (Å²) in [5, 5.41) is 2.74. The molecule has 1 aromatic rings. The van der Waals surface area contributed by atoms with Crippen LogP contribution in [0.1, 0.15) is 33.6 Å². The van der Waals surface area contributed by atoms with Crippen molar-refractivity contribution in [1.82, 2.24) is 14.9 Å². The second-order valence-electron chi connectivity index (χ2n) is 5.79. The van der Waals surface area contributed by atoms with E-state index in [2.05, 4.69) is 10.3 Å². The van der Waals surface area contributed by atoms with Crippen LogP contribution in [0.25, 0.3) is 0 Å². The number of imidazole rings is 1. The van der Waals surface area contributed by atoms with Gasteiger partial charge in [0, 0.05) is 31.3 Å². The van der Waals surface area contributed by atoms with Crippen LogP contribution in [0.2, 0.25) is 0 Å². The van der Waals surface area contributed by atoms with Gasteiger partial charge in [0.1, 0.15) is 18.0 Å². The lowest BCUT2D eigenvalue weighted by Gasteiger charge is -2.35. The number of alkyl carbamates (subject to hydrolysis) is 1. The Morgan fingerprint density at radius 3 is 2.60 bits per heavy atom. The lowest BCUT2D eigenvalue weighted by molar-refractivity contribution is 0.0192. The van der Waals surface area contributed by atoms with Crippen molar-refractivity contribution in [2.45, 2.75) is 51.4 Å². The summed E-state index contributed by atoms with van der Waals surface area (Å²) in [5.41, 5.74) is -0.513. The monoisotopic (exact) mass is 281 g/mol. The summed E-state index contributed by atoms with van der Waals surface area (Å²) in [6.07, 6.45) is 4.54.